The van der Waals surface area contributed by atoms with Gasteiger partial charge >= 0.3 is 0 Å². The molecule has 6 heteroatoms. The van der Waals surface area contributed by atoms with Crippen molar-refractivity contribution in [3.05, 3.63) is 35.5 Å². The molecule has 3 rings (SSSR count). The second-order valence-corrected chi connectivity index (χ2v) is 4.50. The molecule has 2 aromatic rings. The first-order chi connectivity index (χ1) is 8.74. The maximum Gasteiger partial charge on any atom is 0.256 e. The van der Waals surface area contributed by atoms with Crippen LogP contribution in [0.3, 0.4) is 0 Å². The first-order valence-corrected chi connectivity index (χ1v) is 5.97. The summed E-state index contributed by atoms with van der Waals surface area (Å²) in [5, 5.41) is 10.8. The number of carbonyl (C=O) groups excluding carboxylic acids is 1. The Labute approximate surface area is 104 Å². The zero-order valence-electron chi connectivity index (χ0n) is 10.1. The number of aryl methyl sites for hydroxylation is 2. The van der Waals surface area contributed by atoms with Crippen molar-refractivity contribution < 1.29 is 9.32 Å². The molecule has 1 aliphatic heterocycles. The van der Waals surface area contributed by atoms with Crippen LogP contribution in [0.25, 0.3) is 0 Å². The number of rotatable bonds is 2. The maximum atomic E-state index is 12.0. The molecule has 0 spiro atoms. The summed E-state index contributed by atoms with van der Waals surface area (Å²) in [5.74, 6) is 0.431. The lowest BCUT2D eigenvalue weighted by Crippen LogP contribution is -2.40. The Morgan fingerprint density at radius 3 is 3.28 bits per heavy atom. The van der Waals surface area contributed by atoms with Crippen molar-refractivity contribution in [1.29, 1.82) is 0 Å². The Hall–Kier alpha value is -2.11. The average Bonchev–Trinajstić information content (AvgIpc) is 2.96. The van der Waals surface area contributed by atoms with Gasteiger partial charge in [0, 0.05) is 30.9 Å². The summed E-state index contributed by atoms with van der Waals surface area (Å²) in [7, 11) is 0. The molecule has 1 aliphatic rings. The van der Waals surface area contributed by atoms with Crippen LogP contribution in [0.1, 0.15) is 28.2 Å². The summed E-state index contributed by atoms with van der Waals surface area (Å²) in [4.78, 5) is 12.0. The van der Waals surface area contributed by atoms with Crippen LogP contribution in [-0.4, -0.2) is 26.9 Å². The van der Waals surface area contributed by atoms with E-state index >= 15 is 0 Å². The van der Waals surface area contributed by atoms with Crippen LogP contribution in [-0.2, 0) is 13.0 Å². The molecule has 1 N–H and O–H groups in total. The number of hydrogen-bond acceptors (Lipinski definition) is 4. The van der Waals surface area contributed by atoms with E-state index in [-0.39, 0.29) is 11.9 Å². The SMILES string of the molecule is Cc1oncc1C(=O)N[C@H]1CCn2nccc2C1. The fourth-order valence-electron chi connectivity index (χ4n) is 2.27. The third kappa shape index (κ3) is 1.90. The summed E-state index contributed by atoms with van der Waals surface area (Å²) in [6, 6.07) is 2.14. The second-order valence-electron chi connectivity index (χ2n) is 4.50. The smallest absolute Gasteiger partial charge is 0.256 e. The van der Waals surface area contributed by atoms with Gasteiger partial charge in [0.25, 0.3) is 5.91 Å². The molecular formula is C12H14N4O2. The number of fused-ring (bicyclic) bond motifs is 1. The van der Waals surface area contributed by atoms with Gasteiger partial charge in [0.1, 0.15) is 11.3 Å². The van der Waals surface area contributed by atoms with Gasteiger partial charge in [0.2, 0.25) is 0 Å². The molecule has 0 unspecified atom stereocenters. The zero-order valence-corrected chi connectivity index (χ0v) is 10.1. The number of nitrogens with zero attached hydrogens (tertiary/aromatic N) is 3. The van der Waals surface area contributed by atoms with E-state index in [1.54, 1.807) is 13.1 Å². The Morgan fingerprint density at radius 2 is 2.50 bits per heavy atom. The van der Waals surface area contributed by atoms with Crippen molar-refractivity contribution >= 4 is 5.91 Å². The molecule has 0 aliphatic carbocycles. The van der Waals surface area contributed by atoms with Gasteiger partial charge in [-0.15, -0.1) is 0 Å². The summed E-state index contributed by atoms with van der Waals surface area (Å²) in [6.45, 7) is 2.58. The van der Waals surface area contributed by atoms with Crippen molar-refractivity contribution in [2.24, 2.45) is 0 Å². The minimum atomic E-state index is -0.119. The zero-order chi connectivity index (χ0) is 12.5. The fraction of sp³-hybridized carbons (Fsp3) is 0.417. The highest BCUT2D eigenvalue weighted by Crippen LogP contribution is 2.15. The average molecular weight is 246 g/mol. The Balaban J connectivity index is 1.68. The molecule has 94 valence electrons. The number of hydrogen-bond donors (Lipinski definition) is 1. The first-order valence-electron chi connectivity index (χ1n) is 5.97. The lowest BCUT2D eigenvalue weighted by Gasteiger charge is -2.24. The van der Waals surface area contributed by atoms with Gasteiger partial charge in [-0.05, 0) is 19.4 Å². The van der Waals surface area contributed by atoms with Crippen molar-refractivity contribution in [2.75, 3.05) is 0 Å². The molecule has 1 amide bonds. The van der Waals surface area contributed by atoms with Gasteiger partial charge < -0.3 is 9.84 Å². The van der Waals surface area contributed by atoms with E-state index in [9.17, 15) is 4.79 Å². The van der Waals surface area contributed by atoms with Crippen molar-refractivity contribution in [3.63, 3.8) is 0 Å². The maximum absolute atomic E-state index is 12.0. The van der Waals surface area contributed by atoms with E-state index in [2.05, 4.69) is 15.6 Å². The number of nitrogens with one attached hydrogen (secondary N) is 1. The van der Waals surface area contributed by atoms with Gasteiger partial charge in [0.15, 0.2) is 0 Å². The predicted molar refractivity (Wildman–Crippen MR) is 63.0 cm³/mol. The van der Waals surface area contributed by atoms with Gasteiger partial charge in [-0.1, -0.05) is 5.16 Å². The molecule has 6 nitrogen and oxygen atoms in total. The van der Waals surface area contributed by atoms with E-state index in [1.807, 2.05) is 10.7 Å². The van der Waals surface area contributed by atoms with Crippen LogP contribution in [0.15, 0.2) is 23.0 Å². The van der Waals surface area contributed by atoms with Gasteiger partial charge in [-0.3, -0.25) is 9.48 Å². The highest BCUT2D eigenvalue weighted by atomic mass is 16.5. The van der Waals surface area contributed by atoms with Crippen molar-refractivity contribution in [2.45, 2.75) is 32.4 Å². The van der Waals surface area contributed by atoms with E-state index < -0.39 is 0 Å². The Bertz CT molecular complexity index is 572. The topological polar surface area (TPSA) is 73.0 Å². The van der Waals surface area contributed by atoms with Crippen molar-refractivity contribution in [1.82, 2.24) is 20.3 Å². The van der Waals surface area contributed by atoms with Crippen LogP contribution >= 0.6 is 0 Å². The molecule has 0 aromatic carbocycles. The van der Waals surface area contributed by atoms with Crippen LogP contribution in [0, 0.1) is 6.92 Å². The molecular weight excluding hydrogens is 232 g/mol. The highest BCUT2D eigenvalue weighted by molar-refractivity contribution is 5.94. The Morgan fingerprint density at radius 1 is 1.61 bits per heavy atom. The van der Waals surface area contributed by atoms with Gasteiger partial charge in [-0.25, -0.2) is 0 Å². The molecule has 0 saturated heterocycles. The van der Waals surface area contributed by atoms with Crippen LogP contribution < -0.4 is 5.32 Å². The molecule has 0 bridgehead atoms. The lowest BCUT2D eigenvalue weighted by atomic mass is 10.0. The normalized spacial score (nSPS) is 18.4. The molecule has 0 fully saturated rings. The van der Waals surface area contributed by atoms with Crippen LogP contribution in [0.4, 0.5) is 0 Å². The molecule has 1 atom stereocenters. The fourth-order valence-corrected chi connectivity index (χ4v) is 2.27. The largest absolute Gasteiger partial charge is 0.361 e. The molecule has 0 radical (unpaired) electrons. The molecule has 18 heavy (non-hydrogen) atoms. The molecule has 3 heterocycles. The predicted octanol–water partition coefficient (Wildman–Crippen LogP) is 0.924. The van der Waals surface area contributed by atoms with Crippen LogP contribution in [0.2, 0.25) is 0 Å². The van der Waals surface area contributed by atoms with Crippen molar-refractivity contribution in [3.8, 4) is 0 Å². The number of amides is 1. The van der Waals surface area contributed by atoms with E-state index in [4.69, 9.17) is 4.52 Å². The summed E-state index contributed by atoms with van der Waals surface area (Å²) < 4.78 is 6.87. The van der Waals surface area contributed by atoms with E-state index in [1.165, 1.54) is 6.20 Å². The minimum absolute atomic E-state index is 0.119. The Kier molecular flexibility index (Phi) is 2.62. The molecule has 2 aromatic heterocycles. The lowest BCUT2D eigenvalue weighted by molar-refractivity contribution is 0.0928. The second kappa shape index (κ2) is 4.29. The third-order valence-corrected chi connectivity index (χ3v) is 3.28. The highest BCUT2D eigenvalue weighted by Gasteiger charge is 2.22. The van der Waals surface area contributed by atoms with Gasteiger partial charge in [-0.2, -0.15) is 5.10 Å². The quantitative estimate of drug-likeness (QED) is 0.855. The monoisotopic (exact) mass is 246 g/mol. The number of carbonyl (C=O) groups is 1. The third-order valence-electron chi connectivity index (χ3n) is 3.28. The summed E-state index contributed by atoms with van der Waals surface area (Å²) in [6.07, 6.45) is 4.96. The minimum Gasteiger partial charge on any atom is -0.361 e. The van der Waals surface area contributed by atoms with Gasteiger partial charge in [0.05, 0.1) is 6.20 Å². The van der Waals surface area contributed by atoms with E-state index in [0.29, 0.717) is 11.3 Å². The van der Waals surface area contributed by atoms with E-state index in [0.717, 1.165) is 25.1 Å². The standard InChI is InChI=1S/C12H14N4O2/c1-8-11(7-14-18-8)12(17)15-9-3-5-16-10(6-9)2-4-13-16/h2,4,7,9H,3,5-6H2,1H3,(H,15,17)/t9-/m0/s1. The molecule has 0 saturated carbocycles. The number of aromatic nitrogens is 3. The van der Waals surface area contributed by atoms with Crippen LogP contribution in [0.5, 0.6) is 0 Å². The summed E-state index contributed by atoms with van der Waals surface area (Å²) in [5.41, 5.74) is 1.67. The first kappa shape index (κ1) is 11.0. The summed E-state index contributed by atoms with van der Waals surface area (Å²) >= 11 is 0.